The van der Waals surface area contributed by atoms with Gasteiger partial charge in [0.2, 0.25) is 17.7 Å². The van der Waals surface area contributed by atoms with Crippen molar-refractivity contribution in [1.29, 1.82) is 0 Å². The summed E-state index contributed by atoms with van der Waals surface area (Å²) in [4.78, 5) is 40.9. The first-order chi connectivity index (χ1) is 15.1. The molecule has 3 amide bonds. The Kier molecular flexibility index (Phi) is 5.33. The van der Waals surface area contributed by atoms with Crippen molar-refractivity contribution < 1.29 is 14.4 Å². The first-order valence-corrected chi connectivity index (χ1v) is 11.0. The number of benzene rings is 2. The Labute approximate surface area is 180 Å². The van der Waals surface area contributed by atoms with Crippen molar-refractivity contribution >= 4 is 34.2 Å². The second kappa shape index (κ2) is 8.28. The number of rotatable bonds is 3. The van der Waals surface area contributed by atoms with Crippen molar-refractivity contribution in [3.05, 3.63) is 42.5 Å². The number of carbonyl (C=O) groups excluding carboxylic acids is 3. The number of fused-ring (bicyclic) bond motifs is 2. The van der Waals surface area contributed by atoms with Crippen LogP contribution in [0.15, 0.2) is 42.5 Å². The van der Waals surface area contributed by atoms with Gasteiger partial charge in [0.1, 0.15) is 6.29 Å². The number of hydrogen-bond donors (Lipinski definition) is 4. The molecule has 0 bridgehead atoms. The molecule has 4 N–H and O–H groups in total. The van der Waals surface area contributed by atoms with E-state index < -0.39 is 18.0 Å². The number of piperidine rings is 2. The SMILES string of the molecule is O=C1CC(C(=O)Nc2cccc3ccccc23)C2C(=O)NC(N3CCCCC3)NC2N1. The molecule has 5 rings (SSSR count). The minimum Gasteiger partial charge on any atom is -0.340 e. The Bertz CT molecular complexity index is 1010. The van der Waals surface area contributed by atoms with Gasteiger partial charge in [0.05, 0.1) is 18.0 Å². The minimum atomic E-state index is -0.743. The molecule has 0 saturated carbocycles. The van der Waals surface area contributed by atoms with Crippen LogP contribution in [-0.2, 0) is 14.4 Å². The van der Waals surface area contributed by atoms with E-state index in [4.69, 9.17) is 0 Å². The van der Waals surface area contributed by atoms with E-state index in [-0.39, 0.29) is 30.4 Å². The molecule has 3 aliphatic rings. The zero-order chi connectivity index (χ0) is 21.4. The number of nitrogens with one attached hydrogen (secondary N) is 4. The Balaban J connectivity index is 1.36. The van der Waals surface area contributed by atoms with E-state index in [1.54, 1.807) is 0 Å². The molecule has 0 radical (unpaired) electrons. The number of likely N-dealkylation sites (tertiary alicyclic amines) is 1. The molecule has 3 heterocycles. The molecule has 8 nitrogen and oxygen atoms in total. The Morgan fingerprint density at radius 3 is 2.58 bits per heavy atom. The number of carbonyl (C=O) groups is 3. The van der Waals surface area contributed by atoms with Gasteiger partial charge in [0, 0.05) is 30.6 Å². The number of hydrogen-bond acceptors (Lipinski definition) is 5. The van der Waals surface area contributed by atoms with Crippen LogP contribution in [0.5, 0.6) is 0 Å². The molecule has 8 heteroatoms. The van der Waals surface area contributed by atoms with Crippen LogP contribution in [-0.4, -0.2) is 48.2 Å². The van der Waals surface area contributed by atoms with Gasteiger partial charge < -0.3 is 16.0 Å². The molecule has 0 spiro atoms. The zero-order valence-electron chi connectivity index (χ0n) is 17.3. The van der Waals surface area contributed by atoms with Crippen LogP contribution < -0.4 is 21.3 Å². The Hall–Kier alpha value is -2.97. The smallest absolute Gasteiger partial charge is 0.229 e. The van der Waals surface area contributed by atoms with E-state index in [9.17, 15) is 14.4 Å². The van der Waals surface area contributed by atoms with E-state index in [1.807, 2.05) is 42.5 Å². The third-order valence-corrected chi connectivity index (χ3v) is 6.57. The Morgan fingerprint density at radius 2 is 1.74 bits per heavy atom. The third kappa shape index (κ3) is 3.88. The van der Waals surface area contributed by atoms with Crippen molar-refractivity contribution in [1.82, 2.24) is 20.9 Å². The van der Waals surface area contributed by atoms with Crippen LogP contribution in [0, 0.1) is 11.8 Å². The molecule has 31 heavy (non-hydrogen) atoms. The lowest BCUT2D eigenvalue weighted by atomic mass is 9.81. The van der Waals surface area contributed by atoms with Crippen molar-refractivity contribution in [2.24, 2.45) is 11.8 Å². The average Bonchev–Trinajstić information content (AvgIpc) is 2.79. The lowest BCUT2D eigenvalue weighted by Crippen LogP contribution is -2.74. The van der Waals surface area contributed by atoms with Crippen LogP contribution in [0.2, 0.25) is 0 Å². The van der Waals surface area contributed by atoms with Crippen molar-refractivity contribution in [2.45, 2.75) is 38.1 Å². The summed E-state index contributed by atoms with van der Waals surface area (Å²) >= 11 is 0. The summed E-state index contributed by atoms with van der Waals surface area (Å²) in [6.07, 6.45) is 2.46. The van der Waals surface area contributed by atoms with Gasteiger partial charge in [-0.25, -0.2) is 0 Å². The monoisotopic (exact) mass is 421 g/mol. The lowest BCUT2D eigenvalue weighted by Gasteiger charge is -2.46. The number of amides is 3. The second-order valence-electron chi connectivity index (χ2n) is 8.57. The molecule has 3 aliphatic heterocycles. The quantitative estimate of drug-likeness (QED) is 0.599. The molecule has 2 aromatic carbocycles. The fourth-order valence-electron chi connectivity index (χ4n) is 4.99. The van der Waals surface area contributed by atoms with Crippen LogP contribution in [0.4, 0.5) is 5.69 Å². The maximum Gasteiger partial charge on any atom is 0.229 e. The summed E-state index contributed by atoms with van der Waals surface area (Å²) in [7, 11) is 0. The molecule has 162 valence electrons. The van der Waals surface area contributed by atoms with Gasteiger partial charge in [-0.3, -0.25) is 24.6 Å². The summed E-state index contributed by atoms with van der Waals surface area (Å²) in [6.45, 7) is 1.79. The summed E-state index contributed by atoms with van der Waals surface area (Å²) in [5.41, 5.74) is 0.681. The molecule has 4 atom stereocenters. The lowest BCUT2D eigenvalue weighted by molar-refractivity contribution is -0.147. The predicted molar refractivity (Wildman–Crippen MR) is 117 cm³/mol. The fourth-order valence-corrected chi connectivity index (χ4v) is 4.99. The van der Waals surface area contributed by atoms with Gasteiger partial charge in [0.25, 0.3) is 0 Å². The van der Waals surface area contributed by atoms with Crippen LogP contribution in [0.25, 0.3) is 10.8 Å². The van der Waals surface area contributed by atoms with Gasteiger partial charge in [-0.15, -0.1) is 0 Å². The summed E-state index contributed by atoms with van der Waals surface area (Å²) in [5.74, 6) is -2.13. The third-order valence-electron chi connectivity index (χ3n) is 6.57. The number of anilines is 1. The highest BCUT2D eigenvalue weighted by molar-refractivity contribution is 6.05. The van der Waals surface area contributed by atoms with E-state index in [0.717, 1.165) is 36.7 Å². The topological polar surface area (TPSA) is 103 Å². The molecular formula is C23H27N5O3. The highest BCUT2D eigenvalue weighted by atomic mass is 16.2. The second-order valence-corrected chi connectivity index (χ2v) is 8.57. The molecule has 3 saturated heterocycles. The maximum atomic E-state index is 13.2. The van der Waals surface area contributed by atoms with Crippen LogP contribution >= 0.6 is 0 Å². The van der Waals surface area contributed by atoms with Crippen molar-refractivity contribution in [3.8, 4) is 0 Å². The first-order valence-electron chi connectivity index (χ1n) is 11.0. The first kappa shape index (κ1) is 20.0. The summed E-state index contributed by atoms with van der Waals surface area (Å²) in [6, 6.07) is 13.5. The maximum absolute atomic E-state index is 13.2. The fraction of sp³-hybridized carbons (Fsp3) is 0.435. The van der Waals surface area contributed by atoms with E-state index >= 15 is 0 Å². The van der Waals surface area contributed by atoms with Crippen molar-refractivity contribution in [3.63, 3.8) is 0 Å². The molecule has 2 aromatic rings. The highest BCUT2D eigenvalue weighted by Crippen LogP contribution is 2.30. The number of nitrogens with zero attached hydrogens (tertiary/aromatic N) is 1. The van der Waals surface area contributed by atoms with Crippen molar-refractivity contribution in [2.75, 3.05) is 18.4 Å². The molecular weight excluding hydrogens is 394 g/mol. The average molecular weight is 422 g/mol. The Morgan fingerprint density at radius 1 is 0.968 bits per heavy atom. The van der Waals surface area contributed by atoms with E-state index in [1.165, 1.54) is 6.42 Å². The van der Waals surface area contributed by atoms with Gasteiger partial charge in [-0.2, -0.15) is 0 Å². The van der Waals surface area contributed by atoms with Crippen LogP contribution in [0.3, 0.4) is 0 Å². The van der Waals surface area contributed by atoms with Gasteiger partial charge in [-0.05, 0) is 24.3 Å². The largest absolute Gasteiger partial charge is 0.340 e. The molecule has 3 fully saturated rings. The highest BCUT2D eigenvalue weighted by Gasteiger charge is 2.49. The minimum absolute atomic E-state index is 0.0127. The van der Waals surface area contributed by atoms with Gasteiger partial charge in [-0.1, -0.05) is 42.8 Å². The summed E-state index contributed by atoms with van der Waals surface area (Å²) < 4.78 is 0. The van der Waals surface area contributed by atoms with Crippen LogP contribution in [0.1, 0.15) is 25.7 Å². The zero-order valence-corrected chi connectivity index (χ0v) is 17.3. The van der Waals surface area contributed by atoms with Gasteiger partial charge in [0.15, 0.2) is 0 Å². The van der Waals surface area contributed by atoms with Gasteiger partial charge >= 0.3 is 0 Å². The molecule has 4 unspecified atom stereocenters. The predicted octanol–water partition coefficient (Wildman–Crippen LogP) is 1.35. The normalized spacial score (nSPS) is 29.0. The molecule has 0 aliphatic carbocycles. The summed E-state index contributed by atoms with van der Waals surface area (Å²) in [5, 5.41) is 14.2. The van der Waals surface area contributed by atoms with E-state index in [2.05, 4.69) is 26.2 Å². The standard InChI is InChI=1S/C23H27N5O3/c29-18-13-16(21(30)24-17-10-6-8-14-7-2-3-9-15(14)17)19-20(25-18)26-23(27-22(19)31)28-11-4-1-5-12-28/h2-3,6-10,16,19-20,23,26H,1,4-5,11-13H2,(H,24,30)(H,25,29)(H,27,31). The van der Waals surface area contributed by atoms with E-state index in [0.29, 0.717) is 5.69 Å². The molecule has 0 aromatic heterocycles.